The molecule has 0 radical (unpaired) electrons. The van der Waals surface area contributed by atoms with Crippen LogP contribution >= 0.6 is 0 Å². The van der Waals surface area contributed by atoms with Gasteiger partial charge in [0.1, 0.15) is 6.04 Å². The maximum absolute atomic E-state index is 13.2. The quantitative estimate of drug-likeness (QED) is 0.804. The molecule has 2 aliphatic rings. The third-order valence-corrected chi connectivity index (χ3v) is 5.80. The zero-order chi connectivity index (χ0) is 19.9. The highest BCUT2D eigenvalue weighted by molar-refractivity contribution is 5.95. The fourth-order valence-electron chi connectivity index (χ4n) is 4.25. The zero-order valence-corrected chi connectivity index (χ0v) is 16.8. The number of amides is 1. The molecule has 2 aliphatic heterocycles. The van der Waals surface area contributed by atoms with Gasteiger partial charge in [0.05, 0.1) is 12.2 Å². The number of nitrogens with one attached hydrogen (secondary N) is 1. The second-order valence-corrected chi connectivity index (χ2v) is 7.85. The molecule has 2 saturated heterocycles. The van der Waals surface area contributed by atoms with Crippen molar-refractivity contribution in [1.29, 1.82) is 0 Å². The van der Waals surface area contributed by atoms with Crippen molar-refractivity contribution in [3.63, 3.8) is 0 Å². The summed E-state index contributed by atoms with van der Waals surface area (Å²) in [5.41, 5.74) is 1.86. The van der Waals surface area contributed by atoms with E-state index in [1.165, 1.54) is 0 Å². The molecule has 0 bridgehead atoms. The average Bonchev–Trinajstić information content (AvgIpc) is 2.77. The van der Waals surface area contributed by atoms with Crippen LogP contribution in [0, 0.1) is 0 Å². The number of piperidine rings is 1. The summed E-state index contributed by atoms with van der Waals surface area (Å²) in [7, 11) is 0. The standard InChI is InChI=1S/C24H30N2O3/c27-24(25-20-9-5-2-6-10-20)23(19-7-3-1-4-8-19)26-15-11-21(12-16-26)29-22-13-17-28-18-14-22/h1-10,21-23H,11-18H2,(H,25,27)/t23-/m0/s1. The van der Waals surface area contributed by atoms with E-state index in [2.05, 4.69) is 10.2 Å². The smallest absolute Gasteiger partial charge is 0.246 e. The molecule has 29 heavy (non-hydrogen) atoms. The van der Waals surface area contributed by atoms with E-state index in [-0.39, 0.29) is 18.1 Å². The van der Waals surface area contributed by atoms with Gasteiger partial charge in [-0.05, 0) is 43.4 Å². The minimum Gasteiger partial charge on any atom is -0.381 e. The Hall–Kier alpha value is -2.21. The molecule has 5 heteroatoms. The van der Waals surface area contributed by atoms with E-state index < -0.39 is 0 Å². The summed E-state index contributed by atoms with van der Waals surface area (Å²) in [4.78, 5) is 15.5. The first-order chi connectivity index (χ1) is 14.3. The van der Waals surface area contributed by atoms with Gasteiger partial charge in [-0.2, -0.15) is 0 Å². The second kappa shape index (κ2) is 10.0. The van der Waals surface area contributed by atoms with Crippen molar-refractivity contribution in [2.75, 3.05) is 31.6 Å². The van der Waals surface area contributed by atoms with Crippen molar-refractivity contribution in [3.05, 3.63) is 66.2 Å². The molecule has 1 amide bonds. The third kappa shape index (κ3) is 5.44. The van der Waals surface area contributed by atoms with Gasteiger partial charge in [0.25, 0.3) is 0 Å². The summed E-state index contributed by atoms with van der Waals surface area (Å²) in [6, 6.07) is 19.5. The zero-order valence-electron chi connectivity index (χ0n) is 16.8. The highest BCUT2D eigenvalue weighted by Gasteiger charge is 2.32. The van der Waals surface area contributed by atoms with Crippen molar-refractivity contribution in [2.45, 2.75) is 43.9 Å². The number of para-hydroxylation sites is 1. The summed E-state index contributed by atoms with van der Waals surface area (Å²) in [6.07, 6.45) is 4.51. The second-order valence-electron chi connectivity index (χ2n) is 7.85. The highest BCUT2D eigenvalue weighted by Crippen LogP contribution is 2.28. The molecule has 2 aromatic rings. The van der Waals surface area contributed by atoms with Crippen LogP contribution in [-0.2, 0) is 14.3 Å². The first-order valence-corrected chi connectivity index (χ1v) is 10.7. The molecular formula is C24H30N2O3. The minimum atomic E-state index is -0.291. The first kappa shape index (κ1) is 20.1. The maximum Gasteiger partial charge on any atom is 0.246 e. The number of hydrogen-bond donors (Lipinski definition) is 1. The van der Waals surface area contributed by atoms with Gasteiger partial charge in [0.15, 0.2) is 0 Å². The molecule has 0 unspecified atom stereocenters. The Morgan fingerprint density at radius 1 is 0.897 bits per heavy atom. The first-order valence-electron chi connectivity index (χ1n) is 10.7. The monoisotopic (exact) mass is 394 g/mol. The van der Waals surface area contributed by atoms with Crippen LogP contribution in [-0.4, -0.2) is 49.3 Å². The van der Waals surface area contributed by atoms with Gasteiger partial charge in [0, 0.05) is 32.0 Å². The fraction of sp³-hybridized carbons (Fsp3) is 0.458. The molecule has 2 heterocycles. The number of likely N-dealkylation sites (tertiary alicyclic amines) is 1. The number of ether oxygens (including phenoxy) is 2. The lowest BCUT2D eigenvalue weighted by Crippen LogP contribution is -2.44. The van der Waals surface area contributed by atoms with E-state index in [1.807, 2.05) is 60.7 Å². The summed E-state index contributed by atoms with van der Waals surface area (Å²) in [5, 5.41) is 3.09. The van der Waals surface area contributed by atoms with E-state index in [0.29, 0.717) is 6.10 Å². The average molecular weight is 395 g/mol. The summed E-state index contributed by atoms with van der Waals surface area (Å²) >= 11 is 0. The van der Waals surface area contributed by atoms with Crippen LogP contribution < -0.4 is 5.32 Å². The molecule has 0 aromatic heterocycles. The van der Waals surface area contributed by atoms with Crippen LogP contribution in [0.1, 0.15) is 37.3 Å². The predicted molar refractivity (Wildman–Crippen MR) is 114 cm³/mol. The van der Waals surface area contributed by atoms with Crippen LogP contribution in [0.2, 0.25) is 0 Å². The van der Waals surface area contributed by atoms with E-state index >= 15 is 0 Å². The van der Waals surface area contributed by atoms with E-state index in [4.69, 9.17) is 9.47 Å². The summed E-state index contributed by atoms with van der Waals surface area (Å²) in [6.45, 7) is 3.32. The Morgan fingerprint density at radius 2 is 1.48 bits per heavy atom. The molecule has 0 aliphatic carbocycles. The van der Waals surface area contributed by atoms with Crippen LogP contribution in [0.5, 0.6) is 0 Å². The van der Waals surface area contributed by atoms with Gasteiger partial charge in [-0.25, -0.2) is 0 Å². The van der Waals surface area contributed by atoms with E-state index in [0.717, 1.165) is 63.2 Å². The lowest BCUT2D eigenvalue weighted by molar-refractivity contribution is -0.124. The van der Waals surface area contributed by atoms with Crippen LogP contribution in [0.3, 0.4) is 0 Å². The van der Waals surface area contributed by atoms with Crippen molar-refractivity contribution >= 4 is 11.6 Å². The Morgan fingerprint density at radius 3 is 2.14 bits per heavy atom. The van der Waals surface area contributed by atoms with Gasteiger partial charge >= 0.3 is 0 Å². The highest BCUT2D eigenvalue weighted by atomic mass is 16.5. The van der Waals surface area contributed by atoms with Gasteiger partial charge in [-0.3, -0.25) is 9.69 Å². The normalized spacial score (nSPS) is 20.3. The minimum absolute atomic E-state index is 0.0196. The van der Waals surface area contributed by atoms with E-state index in [9.17, 15) is 4.79 Å². The van der Waals surface area contributed by atoms with Crippen LogP contribution in [0.15, 0.2) is 60.7 Å². The molecule has 2 aromatic carbocycles. The number of nitrogens with zero attached hydrogens (tertiary/aromatic N) is 1. The maximum atomic E-state index is 13.2. The molecular weight excluding hydrogens is 364 g/mol. The molecule has 5 nitrogen and oxygen atoms in total. The summed E-state index contributed by atoms with van der Waals surface area (Å²) < 4.78 is 11.7. The fourth-order valence-corrected chi connectivity index (χ4v) is 4.25. The Kier molecular flexibility index (Phi) is 6.93. The Bertz CT molecular complexity index is 754. The van der Waals surface area contributed by atoms with Gasteiger partial charge < -0.3 is 14.8 Å². The Balaban J connectivity index is 1.41. The molecule has 2 fully saturated rings. The lowest BCUT2D eigenvalue weighted by Gasteiger charge is -2.38. The molecule has 0 spiro atoms. The number of carbonyl (C=O) groups is 1. The molecule has 154 valence electrons. The number of anilines is 1. The molecule has 1 N–H and O–H groups in total. The Labute approximate surface area is 173 Å². The topological polar surface area (TPSA) is 50.8 Å². The SMILES string of the molecule is O=C(Nc1ccccc1)[C@H](c1ccccc1)N1CCC(OC2CCOCC2)CC1. The number of benzene rings is 2. The van der Waals surface area contributed by atoms with Crippen molar-refractivity contribution < 1.29 is 14.3 Å². The number of carbonyl (C=O) groups excluding carboxylic acids is 1. The molecule has 0 saturated carbocycles. The molecule has 1 atom stereocenters. The van der Waals surface area contributed by atoms with Gasteiger partial charge in [0.2, 0.25) is 5.91 Å². The predicted octanol–water partition coefficient (Wildman–Crippen LogP) is 4.03. The van der Waals surface area contributed by atoms with Crippen molar-refractivity contribution in [1.82, 2.24) is 4.90 Å². The lowest BCUT2D eigenvalue weighted by atomic mass is 9.99. The third-order valence-electron chi connectivity index (χ3n) is 5.80. The van der Waals surface area contributed by atoms with Crippen molar-refractivity contribution in [3.8, 4) is 0 Å². The number of hydrogen-bond acceptors (Lipinski definition) is 4. The molecule has 4 rings (SSSR count). The van der Waals surface area contributed by atoms with Crippen LogP contribution in [0.25, 0.3) is 0 Å². The van der Waals surface area contributed by atoms with Crippen molar-refractivity contribution in [2.24, 2.45) is 0 Å². The largest absolute Gasteiger partial charge is 0.381 e. The number of rotatable bonds is 6. The van der Waals surface area contributed by atoms with Gasteiger partial charge in [-0.15, -0.1) is 0 Å². The van der Waals surface area contributed by atoms with E-state index in [1.54, 1.807) is 0 Å². The van der Waals surface area contributed by atoms with Crippen LogP contribution in [0.4, 0.5) is 5.69 Å². The van der Waals surface area contributed by atoms with Gasteiger partial charge in [-0.1, -0.05) is 48.5 Å². The summed E-state index contributed by atoms with van der Waals surface area (Å²) in [5.74, 6) is 0.0196.